The van der Waals surface area contributed by atoms with Crippen molar-refractivity contribution < 1.29 is 9.53 Å². The number of benzene rings is 2. The van der Waals surface area contributed by atoms with Gasteiger partial charge in [-0.25, -0.2) is 0 Å². The van der Waals surface area contributed by atoms with E-state index >= 15 is 0 Å². The molecule has 0 N–H and O–H groups in total. The Morgan fingerprint density at radius 2 is 1.90 bits per heavy atom. The molecule has 2 heteroatoms. The van der Waals surface area contributed by atoms with Gasteiger partial charge in [-0.05, 0) is 55.2 Å². The molecule has 0 atom stereocenters. The van der Waals surface area contributed by atoms with E-state index in [0.29, 0.717) is 13.0 Å². The summed E-state index contributed by atoms with van der Waals surface area (Å²) in [5.74, 6) is 1.10. The fourth-order valence-corrected chi connectivity index (χ4v) is 2.64. The Morgan fingerprint density at radius 1 is 1.05 bits per heavy atom. The molecule has 20 heavy (non-hydrogen) atoms. The minimum Gasteiger partial charge on any atom is -0.489 e. The lowest BCUT2D eigenvalue weighted by Crippen LogP contribution is -1.99. The molecule has 0 saturated heterocycles. The van der Waals surface area contributed by atoms with Gasteiger partial charge in [-0.1, -0.05) is 23.8 Å². The molecule has 2 nitrogen and oxygen atoms in total. The van der Waals surface area contributed by atoms with Gasteiger partial charge in [-0.2, -0.15) is 0 Å². The molecule has 102 valence electrons. The van der Waals surface area contributed by atoms with Crippen LogP contribution in [0.3, 0.4) is 0 Å². The third-order valence-electron chi connectivity index (χ3n) is 3.90. The quantitative estimate of drug-likeness (QED) is 0.839. The van der Waals surface area contributed by atoms with Crippen LogP contribution in [-0.4, -0.2) is 5.78 Å². The summed E-state index contributed by atoms with van der Waals surface area (Å²) in [4.78, 5) is 11.6. The third-order valence-corrected chi connectivity index (χ3v) is 3.90. The van der Waals surface area contributed by atoms with Crippen LogP contribution in [0.15, 0.2) is 36.4 Å². The van der Waals surface area contributed by atoms with Gasteiger partial charge in [-0.15, -0.1) is 0 Å². The van der Waals surface area contributed by atoms with Crippen LogP contribution in [0.25, 0.3) is 0 Å². The van der Waals surface area contributed by atoms with E-state index in [9.17, 15) is 4.79 Å². The number of carbonyl (C=O) groups is 1. The van der Waals surface area contributed by atoms with Crippen LogP contribution in [0.4, 0.5) is 0 Å². The van der Waals surface area contributed by atoms with E-state index in [2.05, 4.69) is 32.0 Å². The number of fused-ring (bicyclic) bond motifs is 1. The first kappa shape index (κ1) is 12.9. The van der Waals surface area contributed by atoms with Crippen molar-refractivity contribution in [1.82, 2.24) is 0 Å². The zero-order valence-electron chi connectivity index (χ0n) is 11.9. The van der Waals surface area contributed by atoms with Crippen LogP contribution in [0.1, 0.15) is 39.0 Å². The average Bonchev–Trinajstić information content (AvgIpc) is 2.81. The van der Waals surface area contributed by atoms with Crippen molar-refractivity contribution >= 4 is 5.78 Å². The molecule has 0 radical (unpaired) electrons. The Morgan fingerprint density at radius 3 is 2.75 bits per heavy atom. The van der Waals surface area contributed by atoms with E-state index in [1.807, 2.05) is 18.2 Å². The van der Waals surface area contributed by atoms with Crippen LogP contribution in [0, 0.1) is 13.8 Å². The van der Waals surface area contributed by atoms with Gasteiger partial charge in [0.25, 0.3) is 0 Å². The summed E-state index contributed by atoms with van der Waals surface area (Å²) in [6.45, 7) is 4.75. The third kappa shape index (κ3) is 2.46. The van der Waals surface area contributed by atoms with Crippen LogP contribution in [0.2, 0.25) is 0 Å². The first-order chi connectivity index (χ1) is 9.63. The number of ether oxygens (including phenoxy) is 1. The number of carbonyl (C=O) groups excluding carboxylic acids is 1. The summed E-state index contributed by atoms with van der Waals surface area (Å²) in [5.41, 5.74) is 5.68. The van der Waals surface area contributed by atoms with Crippen molar-refractivity contribution in [2.24, 2.45) is 0 Å². The molecule has 0 bridgehead atoms. The molecule has 0 saturated carbocycles. The first-order valence-electron chi connectivity index (χ1n) is 6.98. The van der Waals surface area contributed by atoms with Crippen LogP contribution in [-0.2, 0) is 13.0 Å². The Labute approximate surface area is 119 Å². The highest BCUT2D eigenvalue weighted by atomic mass is 16.5. The molecule has 0 amide bonds. The standard InChI is InChI=1S/C18H18O2/c1-12-3-4-13(2)15(9-12)11-20-16-6-7-17-14(10-16)5-8-18(17)19/h3-4,6-7,9-10H,5,8,11H2,1-2H3. The highest BCUT2D eigenvalue weighted by molar-refractivity contribution is 6.00. The molecule has 3 rings (SSSR count). The van der Waals surface area contributed by atoms with E-state index < -0.39 is 0 Å². The average molecular weight is 266 g/mol. The number of hydrogen-bond acceptors (Lipinski definition) is 2. The fraction of sp³-hybridized carbons (Fsp3) is 0.278. The lowest BCUT2D eigenvalue weighted by Gasteiger charge is -2.10. The Bertz CT molecular complexity index is 671. The first-order valence-corrected chi connectivity index (χ1v) is 6.98. The van der Waals surface area contributed by atoms with Gasteiger partial charge >= 0.3 is 0 Å². The molecule has 0 aliphatic heterocycles. The topological polar surface area (TPSA) is 26.3 Å². The molecule has 0 aromatic heterocycles. The monoisotopic (exact) mass is 266 g/mol. The van der Waals surface area contributed by atoms with E-state index in [1.165, 1.54) is 16.7 Å². The second-order valence-electron chi connectivity index (χ2n) is 5.46. The lowest BCUT2D eigenvalue weighted by molar-refractivity contribution is 0.0994. The second kappa shape index (κ2) is 5.12. The normalized spacial score (nSPS) is 13.4. The van der Waals surface area contributed by atoms with Gasteiger partial charge in [0.1, 0.15) is 12.4 Å². The number of rotatable bonds is 3. The highest BCUT2D eigenvalue weighted by Gasteiger charge is 2.19. The largest absolute Gasteiger partial charge is 0.489 e. The molecule has 0 spiro atoms. The van der Waals surface area contributed by atoms with Crippen LogP contribution >= 0.6 is 0 Å². The minimum atomic E-state index is 0.251. The summed E-state index contributed by atoms with van der Waals surface area (Å²) in [6, 6.07) is 12.2. The maximum Gasteiger partial charge on any atom is 0.163 e. The Balaban J connectivity index is 1.76. The fourth-order valence-electron chi connectivity index (χ4n) is 2.64. The lowest BCUT2D eigenvalue weighted by atomic mass is 10.1. The van der Waals surface area contributed by atoms with Crippen molar-refractivity contribution in [3.05, 3.63) is 64.2 Å². The number of hydrogen-bond donors (Lipinski definition) is 0. The van der Waals surface area contributed by atoms with Crippen molar-refractivity contribution in [2.45, 2.75) is 33.3 Å². The predicted octanol–water partition coefficient (Wildman–Crippen LogP) is 4.01. The molecule has 1 aliphatic rings. The minimum absolute atomic E-state index is 0.251. The molecular weight excluding hydrogens is 248 g/mol. The van der Waals surface area contributed by atoms with E-state index in [4.69, 9.17) is 4.74 Å². The molecule has 1 aliphatic carbocycles. The van der Waals surface area contributed by atoms with Crippen molar-refractivity contribution in [2.75, 3.05) is 0 Å². The van der Waals surface area contributed by atoms with E-state index in [1.54, 1.807) is 0 Å². The maximum atomic E-state index is 11.6. The summed E-state index contributed by atoms with van der Waals surface area (Å²) < 4.78 is 5.88. The van der Waals surface area contributed by atoms with Crippen LogP contribution < -0.4 is 4.74 Å². The maximum absolute atomic E-state index is 11.6. The zero-order valence-corrected chi connectivity index (χ0v) is 11.9. The molecule has 2 aromatic carbocycles. The van der Waals surface area contributed by atoms with Crippen molar-refractivity contribution in [3.8, 4) is 5.75 Å². The highest BCUT2D eigenvalue weighted by Crippen LogP contribution is 2.26. The zero-order chi connectivity index (χ0) is 14.1. The summed E-state index contributed by atoms with van der Waals surface area (Å²) in [5, 5.41) is 0. The molecule has 0 fully saturated rings. The van der Waals surface area contributed by atoms with Crippen molar-refractivity contribution in [3.63, 3.8) is 0 Å². The van der Waals surface area contributed by atoms with E-state index in [-0.39, 0.29) is 5.78 Å². The molecule has 2 aromatic rings. The van der Waals surface area contributed by atoms with Gasteiger partial charge in [0.2, 0.25) is 0 Å². The molecule has 0 heterocycles. The van der Waals surface area contributed by atoms with Gasteiger partial charge in [-0.3, -0.25) is 4.79 Å². The van der Waals surface area contributed by atoms with Gasteiger partial charge in [0.15, 0.2) is 5.78 Å². The smallest absolute Gasteiger partial charge is 0.163 e. The van der Waals surface area contributed by atoms with Gasteiger partial charge in [0.05, 0.1) is 0 Å². The van der Waals surface area contributed by atoms with Crippen molar-refractivity contribution in [1.29, 1.82) is 0 Å². The second-order valence-corrected chi connectivity index (χ2v) is 5.46. The SMILES string of the molecule is Cc1ccc(C)c(COc2ccc3c(c2)CCC3=O)c1. The summed E-state index contributed by atoms with van der Waals surface area (Å²) in [7, 11) is 0. The summed E-state index contributed by atoms with van der Waals surface area (Å²) >= 11 is 0. The number of Topliss-reactive ketones (excluding diaryl/α,β-unsaturated/α-hetero) is 1. The molecule has 0 unspecified atom stereocenters. The number of aryl methyl sites for hydroxylation is 3. The van der Waals surface area contributed by atoms with Gasteiger partial charge < -0.3 is 4.74 Å². The Hall–Kier alpha value is -2.09. The Kier molecular flexibility index (Phi) is 3.31. The van der Waals surface area contributed by atoms with E-state index in [0.717, 1.165) is 23.3 Å². The predicted molar refractivity (Wildman–Crippen MR) is 79.3 cm³/mol. The van der Waals surface area contributed by atoms with Gasteiger partial charge in [0, 0.05) is 12.0 Å². The van der Waals surface area contributed by atoms with Crippen LogP contribution in [0.5, 0.6) is 5.75 Å². The number of ketones is 1. The molecular formula is C18H18O2. The summed E-state index contributed by atoms with van der Waals surface area (Å²) in [6.07, 6.45) is 1.48.